The summed E-state index contributed by atoms with van der Waals surface area (Å²) in [5, 5.41) is 47.8. The molecule has 16 heavy (non-hydrogen) atoms. The van der Waals surface area contributed by atoms with Gasteiger partial charge in [0.1, 0.15) is 18.3 Å². The molecule has 0 aromatic carbocycles. The van der Waals surface area contributed by atoms with E-state index in [-0.39, 0.29) is 0 Å². The summed E-state index contributed by atoms with van der Waals surface area (Å²) in [4.78, 5) is 12.8. The van der Waals surface area contributed by atoms with E-state index in [4.69, 9.17) is 15.7 Å². The van der Waals surface area contributed by atoms with Crippen molar-refractivity contribution in [2.24, 2.45) is 10.8 Å². The van der Waals surface area contributed by atoms with E-state index in [0.29, 0.717) is 0 Å². The van der Waals surface area contributed by atoms with Crippen LogP contribution >= 0.6 is 0 Å². The Hall–Kier alpha value is -1.42. The molecule has 92 valence electrons. The van der Waals surface area contributed by atoms with E-state index in [0.717, 1.165) is 0 Å². The van der Waals surface area contributed by atoms with Crippen LogP contribution in [-0.4, -0.2) is 62.1 Å². The summed E-state index contributed by atoms with van der Waals surface area (Å²) in [7, 11) is 0. The van der Waals surface area contributed by atoms with E-state index in [1.807, 2.05) is 0 Å². The van der Waals surface area contributed by atoms with Crippen molar-refractivity contribution in [3.8, 4) is 0 Å². The Balaban J connectivity index is 5.10. The third kappa shape index (κ3) is 2.79. The molecular formula is C6H12N4O6. The van der Waals surface area contributed by atoms with Gasteiger partial charge in [0.25, 0.3) is 11.6 Å². The summed E-state index contributed by atoms with van der Waals surface area (Å²) in [6, 6.07) is 0. The normalized spacial score (nSPS) is 20.1. The van der Waals surface area contributed by atoms with E-state index in [1.54, 1.807) is 0 Å². The fourth-order valence-electron chi connectivity index (χ4n) is 0.879. The van der Waals surface area contributed by atoms with Crippen molar-refractivity contribution in [3.05, 3.63) is 10.4 Å². The number of carbonyl (C=O) groups is 1. The van der Waals surface area contributed by atoms with E-state index in [9.17, 15) is 20.1 Å². The zero-order valence-electron chi connectivity index (χ0n) is 8.00. The second-order valence-corrected chi connectivity index (χ2v) is 2.97. The highest BCUT2D eigenvalue weighted by Gasteiger charge is 2.46. The summed E-state index contributed by atoms with van der Waals surface area (Å²) >= 11 is 0. The van der Waals surface area contributed by atoms with Gasteiger partial charge in [-0.05, 0) is 10.6 Å². The molecule has 0 rings (SSSR count). The lowest BCUT2D eigenvalue weighted by atomic mass is 9.98. The van der Waals surface area contributed by atoms with Crippen molar-refractivity contribution in [2.45, 2.75) is 24.0 Å². The fourth-order valence-corrected chi connectivity index (χ4v) is 0.879. The van der Waals surface area contributed by atoms with Gasteiger partial charge in [-0.15, -0.1) is 0 Å². The third-order valence-corrected chi connectivity index (χ3v) is 1.88. The Morgan fingerprint density at radius 3 is 2.31 bits per heavy atom. The molecule has 10 nitrogen and oxygen atoms in total. The SMILES string of the molecule is [N-]=[N+]=N[C@](O)(C(N)=O)[C@@H](O)[C@@H](O)[C@H](O)CO. The van der Waals surface area contributed by atoms with Gasteiger partial charge in [0.15, 0.2) is 0 Å². The first kappa shape index (κ1) is 14.6. The minimum Gasteiger partial charge on any atom is -0.394 e. The standard InChI is InChI=1S/C6H12N4O6/c7-5(15)6(16,9-10-8)4(14)3(13)2(12)1-11/h2-4,11-14,16H,1H2,(H2,7,15)/t2-,3+,4+,6-/m1/s1. The number of aliphatic hydroxyl groups excluding tert-OH is 4. The molecule has 10 heteroatoms. The number of nitrogens with zero attached hydrogens (tertiary/aromatic N) is 3. The summed E-state index contributed by atoms with van der Waals surface area (Å²) in [5.74, 6) is -1.61. The van der Waals surface area contributed by atoms with Crippen LogP contribution in [0, 0.1) is 0 Å². The average molecular weight is 236 g/mol. The van der Waals surface area contributed by atoms with Crippen LogP contribution in [0.2, 0.25) is 0 Å². The Labute approximate surface area is 89.2 Å². The number of rotatable bonds is 6. The third-order valence-electron chi connectivity index (χ3n) is 1.88. The molecule has 0 aliphatic rings. The van der Waals surface area contributed by atoms with Gasteiger partial charge in [-0.1, -0.05) is 0 Å². The minimum atomic E-state index is -3.11. The monoisotopic (exact) mass is 236 g/mol. The largest absolute Gasteiger partial charge is 0.394 e. The van der Waals surface area contributed by atoms with E-state index in [2.05, 4.69) is 15.8 Å². The van der Waals surface area contributed by atoms with Crippen LogP contribution in [0.4, 0.5) is 0 Å². The highest BCUT2D eigenvalue weighted by molar-refractivity contribution is 5.83. The molecule has 0 aromatic heterocycles. The average Bonchev–Trinajstić information content (AvgIpc) is 2.25. The first-order valence-corrected chi connectivity index (χ1v) is 4.04. The molecule has 4 atom stereocenters. The number of nitrogens with two attached hydrogens (primary N) is 1. The lowest BCUT2D eigenvalue weighted by Gasteiger charge is -2.30. The molecule has 0 fully saturated rings. The Morgan fingerprint density at radius 1 is 1.50 bits per heavy atom. The molecule has 0 saturated carbocycles. The van der Waals surface area contributed by atoms with Gasteiger partial charge in [0.05, 0.1) is 6.61 Å². The number of primary amides is 1. The van der Waals surface area contributed by atoms with Crippen LogP contribution in [0.25, 0.3) is 10.4 Å². The van der Waals surface area contributed by atoms with Gasteiger partial charge in [-0.2, -0.15) is 0 Å². The summed E-state index contributed by atoms with van der Waals surface area (Å²) in [6.07, 6.45) is -6.33. The van der Waals surface area contributed by atoms with Crippen LogP contribution in [-0.2, 0) is 4.79 Å². The molecular weight excluding hydrogens is 224 g/mol. The molecule has 0 unspecified atom stereocenters. The molecule has 0 saturated heterocycles. The summed E-state index contributed by atoms with van der Waals surface area (Å²) in [5.41, 5.74) is 9.62. The fraction of sp³-hybridized carbons (Fsp3) is 0.833. The molecule has 0 aliphatic heterocycles. The lowest BCUT2D eigenvalue weighted by molar-refractivity contribution is -0.172. The second-order valence-electron chi connectivity index (χ2n) is 2.97. The predicted octanol–water partition coefficient (Wildman–Crippen LogP) is -3.45. The topological polar surface area (TPSA) is 193 Å². The lowest BCUT2D eigenvalue weighted by Crippen LogP contribution is -2.58. The molecule has 0 radical (unpaired) electrons. The number of aliphatic hydroxyl groups is 5. The first-order valence-electron chi connectivity index (χ1n) is 4.04. The van der Waals surface area contributed by atoms with Crippen LogP contribution in [0.3, 0.4) is 0 Å². The number of amides is 1. The molecule has 0 bridgehead atoms. The van der Waals surface area contributed by atoms with Gasteiger partial charge >= 0.3 is 0 Å². The van der Waals surface area contributed by atoms with Gasteiger partial charge in [0.2, 0.25) is 0 Å². The van der Waals surface area contributed by atoms with Crippen LogP contribution < -0.4 is 5.73 Å². The second kappa shape index (κ2) is 5.61. The van der Waals surface area contributed by atoms with Gasteiger partial charge < -0.3 is 31.3 Å². The molecule has 7 N–H and O–H groups in total. The maximum absolute atomic E-state index is 10.8. The van der Waals surface area contributed by atoms with Crippen molar-refractivity contribution in [2.75, 3.05) is 6.61 Å². The number of hydrogen-bond donors (Lipinski definition) is 6. The molecule has 0 heterocycles. The highest BCUT2D eigenvalue weighted by atomic mass is 16.4. The minimum absolute atomic E-state index is 0.941. The summed E-state index contributed by atoms with van der Waals surface area (Å²) in [6.45, 7) is -0.941. The van der Waals surface area contributed by atoms with Crippen molar-refractivity contribution in [3.63, 3.8) is 0 Å². The molecule has 1 amide bonds. The van der Waals surface area contributed by atoms with Crippen molar-refractivity contribution < 1.29 is 30.3 Å². The van der Waals surface area contributed by atoms with Gasteiger partial charge in [-0.25, -0.2) is 0 Å². The maximum Gasteiger partial charge on any atom is 0.258 e. The summed E-state index contributed by atoms with van der Waals surface area (Å²) < 4.78 is 0. The van der Waals surface area contributed by atoms with E-state index < -0.39 is 36.6 Å². The Kier molecular flexibility index (Phi) is 5.11. The Bertz CT molecular complexity index is 301. The van der Waals surface area contributed by atoms with Crippen molar-refractivity contribution in [1.29, 1.82) is 0 Å². The first-order chi connectivity index (χ1) is 7.31. The molecule has 0 spiro atoms. The van der Waals surface area contributed by atoms with E-state index in [1.165, 1.54) is 0 Å². The smallest absolute Gasteiger partial charge is 0.258 e. The number of azide groups is 1. The van der Waals surface area contributed by atoms with Crippen molar-refractivity contribution >= 4 is 5.91 Å². The zero-order chi connectivity index (χ0) is 12.9. The highest BCUT2D eigenvalue weighted by Crippen LogP contribution is 2.17. The van der Waals surface area contributed by atoms with Gasteiger partial charge in [0, 0.05) is 4.91 Å². The number of carbonyl (C=O) groups excluding carboxylic acids is 1. The van der Waals surface area contributed by atoms with Crippen LogP contribution in [0.5, 0.6) is 0 Å². The molecule has 0 aliphatic carbocycles. The van der Waals surface area contributed by atoms with Crippen LogP contribution in [0.1, 0.15) is 0 Å². The Morgan fingerprint density at radius 2 is 2.00 bits per heavy atom. The van der Waals surface area contributed by atoms with Crippen molar-refractivity contribution in [1.82, 2.24) is 0 Å². The van der Waals surface area contributed by atoms with Gasteiger partial charge in [-0.3, -0.25) is 4.79 Å². The van der Waals surface area contributed by atoms with E-state index >= 15 is 0 Å². The quantitative estimate of drug-likeness (QED) is 0.157. The molecule has 0 aromatic rings. The number of hydrogen-bond acceptors (Lipinski definition) is 7. The predicted molar refractivity (Wildman–Crippen MR) is 48.4 cm³/mol. The zero-order valence-corrected chi connectivity index (χ0v) is 8.00. The van der Waals surface area contributed by atoms with Crippen LogP contribution in [0.15, 0.2) is 5.11 Å². The maximum atomic E-state index is 10.8.